The number of hydrogen-bond donors (Lipinski definition) is 1. The number of hydrogen-bond acceptors (Lipinski definition) is 4. The summed E-state index contributed by atoms with van der Waals surface area (Å²) in [6, 6.07) is 5.43. The Labute approximate surface area is 164 Å². The van der Waals surface area contributed by atoms with E-state index >= 15 is 0 Å². The van der Waals surface area contributed by atoms with E-state index < -0.39 is 17.8 Å². The van der Waals surface area contributed by atoms with E-state index in [9.17, 15) is 14.4 Å². The monoisotopic (exact) mass is 392 g/mol. The lowest BCUT2D eigenvalue weighted by molar-refractivity contribution is -0.151. The van der Waals surface area contributed by atoms with Gasteiger partial charge in [0, 0.05) is 29.7 Å². The molecule has 1 N–H and O–H groups in total. The highest BCUT2D eigenvalue weighted by molar-refractivity contribution is 6.31. The van der Waals surface area contributed by atoms with Gasteiger partial charge in [-0.25, -0.2) is 0 Å². The molecule has 146 valence electrons. The third-order valence-corrected chi connectivity index (χ3v) is 5.72. The van der Waals surface area contributed by atoms with E-state index in [-0.39, 0.29) is 25.0 Å². The van der Waals surface area contributed by atoms with Gasteiger partial charge in [-0.15, -0.1) is 0 Å². The Morgan fingerprint density at radius 2 is 2.00 bits per heavy atom. The SMILES string of the molecule is Cc1ccc(NC(=O)COC(=O)[C@@H]2CC(=O)N(C3CCCCC3)C2)cc1Cl. The molecule has 1 atom stereocenters. The summed E-state index contributed by atoms with van der Waals surface area (Å²) in [4.78, 5) is 38.4. The van der Waals surface area contributed by atoms with Crippen molar-refractivity contribution in [2.45, 2.75) is 51.5 Å². The minimum Gasteiger partial charge on any atom is -0.455 e. The Hall–Kier alpha value is -2.08. The van der Waals surface area contributed by atoms with Gasteiger partial charge < -0.3 is 15.0 Å². The molecule has 0 unspecified atom stereocenters. The Kier molecular flexibility index (Phi) is 6.37. The summed E-state index contributed by atoms with van der Waals surface area (Å²) in [5.41, 5.74) is 1.46. The lowest BCUT2D eigenvalue weighted by atomic mass is 9.94. The second kappa shape index (κ2) is 8.74. The smallest absolute Gasteiger partial charge is 0.311 e. The number of ether oxygens (including phenoxy) is 1. The normalized spacial score (nSPS) is 20.6. The van der Waals surface area contributed by atoms with Crippen LogP contribution in [0.15, 0.2) is 18.2 Å². The number of esters is 1. The number of nitrogens with one attached hydrogen (secondary N) is 1. The second-order valence-electron chi connectivity index (χ2n) is 7.36. The van der Waals surface area contributed by atoms with Gasteiger partial charge in [-0.3, -0.25) is 14.4 Å². The minimum atomic E-state index is -0.487. The summed E-state index contributed by atoms with van der Waals surface area (Å²) in [6.45, 7) is 1.89. The van der Waals surface area contributed by atoms with Crippen LogP contribution in [0.1, 0.15) is 44.1 Å². The number of halogens is 1. The van der Waals surface area contributed by atoms with Gasteiger partial charge in [0.05, 0.1) is 5.92 Å². The van der Waals surface area contributed by atoms with E-state index in [1.165, 1.54) is 6.42 Å². The molecule has 2 amide bonds. The van der Waals surface area contributed by atoms with Crippen LogP contribution in [-0.4, -0.2) is 41.9 Å². The molecule has 2 aliphatic rings. The molecule has 0 aromatic heterocycles. The highest BCUT2D eigenvalue weighted by atomic mass is 35.5. The van der Waals surface area contributed by atoms with Crippen LogP contribution in [0.3, 0.4) is 0 Å². The van der Waals surface area contributed by atoms with Crippen molar-refractivity contribution in [3.8, 4) is 0 Å². The van der Waals surface area contributed by atoms with Gasteiger partial charge >= 0.3 is 5.97 Å². The topological polar surface area (TPSA) is 75.7 Å². The summed E-state index contributed by atoms with van der Waals surface area (Å²) in [7, 11) is 0. The second-order valence-corrected chi connectivity index (χ2v) is 7.77. The van der Waals surface area contributed by atoms with Crippen LogP contribution in [0.2, 0.25) is 5.02 Å². The summed E-state index contributed by atoms with van der Waals surface area (Å²) < 4.78 is 5.14. The summed E-state index contributed by atoms with van der Waals surface area (Å²) in [5.74, 6) is -1.39. The van der Waals surface area contributed by atoms with Crippen molar-refractivity contribution in [3.05, 3.63) is 28.8 Å². The van der Waals surface area contributed by atoms with Gasteiger partial charge in [0.1, 0.15) is 0 Å². The van der Waals surface area contributed by atoms with E-state index in [1.807, 2.05) is 11.8 Å². The van der Waals surface area contributed by atoms with Crippen LogP contribution in [0.5, 0.6) is 0 Å². The quantitative estimate of drug-likeness (QED) is 0.780. The van der Waals surface area contributed by atoms with Crippen molar-refractivity contribution < 1.29 is 19.1 Å². The van der Waals surface area contributed by atoms with Crippen LogP contribution < -0.4 is 5.32 Å². The van der Waals surface area contributed by atoms with Crippen molar-refractivity contribution in [1.82, 2.24) is 4.90 Å². The molecule has 2 fully saturated rings. The number of benzene rings is 1. The van der Waals surface area contributed by atoms with Crippen molar-refractivity contribution in [2.24, 2.45) is 5.92 Å². The molecule has 27 heavy (non-hydrogen) atoms. The minimum absolute atomic E-state index is 0.0163. The zero-order chi connectivity index (χ0) is 19.4. The number of likely N-dealkylation sites (tertiary alicyclic amines) is 1. The molecule has 0 bridgehead atoms. The van der Waals surface area contributed by atoms with Gasteiger partial charge in [-0.05, 0) is 37.5 Å². The number of nitrogens with zero attached hydrogens (tertiary/aromatic N) is 1. The van der Waals surface area contributed by atoms with Crippen molar-refractivity contribution >= 4 is 35.1 Å². The average Bonchev–Trinajstić information content (AvgIpc) is 3.05. The van der Waals surface area contributed by atoms with Crippen molar-refractivity contribution in [1.29, 1.82) is 0 Å². The van der Waals surface area contributed by atoms with E-state index in [4.69, 9.17) is 16.3 Å². The largest absolute Gasteiger partial charge is 0.455 e. The number of rotatable bonds is 5. The number of carbonyl (C=O) groups excluding carboxylic acids is 3. The molecule has 7 heteroatoms. The molecule has 1 heterocycles. The molecular weight excluding hydrogens is 368 g/mol. The van der Waals surface area contributed by atoms with Crippen LogP contribution in [0.25, 0.3) is 0 Å². The van der Waals surface area contributed by atoms with E-state index in [1.54, 1.807) is 18.2 Å². The first-order chi connectivity index (χ1) is 12.9. The molecule has 1 aliphatic carbocycles. The van der Waals surface area contributed by atoms with Crippen LogP contribution >= 0.6 is 11.6 Å². The number of carbonyl (C=O) groups is 3. The number of amides is 2. The zero-order valence-corrected chi connectivity index (χ0v) is 16.3. The highest BCUT2D eigenvalue weighted by Gasteiger charge is 2.39. The third kappa shape index (κ3) is 5.01. The van der Waals surface area contributed by atoms with Crippen molar-refractivity contribution in [2.75, 3.05) is 18.5 Å². The number of aryl methyl sites for hydroxylation is 1. The fourth-order valence-corrected chi connectivity index (χ4v) is 3.94. The van der Waals surface area contributed by atoms with Gasteiger partial charge in [-0.2, -0.15) is 0 Å². The first kappa shape index (κ1) is 19.7. The molecule has 0 spiro atoms. The Morgan fingerprint density at radius 3 is 2.70 bits per heavy atom. The molecule has 6 nitrogen and oxygen atoms in total. The van der Waals surface area contributed by atoms with Crippen molar-refractivity contribution in [3.63, 3.8) is 0 Å². The van der Waals surface area contributed by atoms with Gasteiger partial charge in [0.2, 0.25) is 5.91 Å². The highest BCUT2D eigenvalue weighted by Crippen LogP contribution is 2.29. The maximum Gasteiger partial charge on any atom is 0.311 e. The van der Waals surface area contributed by atoms with E-state index in [0.717, 1.165) is 31.2 Å². The lowest BCUT2D eigenvalue weighted by Crippen LogP contribution is -2.38. The molecule has 1 aromatic carbocycles. The maximum atomic E-state index is 12.3. The summed E-state index contributed by atoms with van der Waals surface area (Å²) >= 11 is 6.03. The molecule has 1 saturated carbocycles. The summed E-state index contributed by atoms with van der Waals surface area (Å²) in [5, 5.41) is 3.20. The molecule has 1 aromatic rings. The predicted molar refractivity (Wildman–Crippen MR) is 102 cm³/mol. The first-order valence-electron chi connectivity index (χ1n) is 9.46. The lowest BCUT2D eigenvalue weighted by Gasteiger charge is -2.31. The standard InChI is InChI=1S/C20H25ClN2O4/c1-13-7-8-15(10-17(13)21)22-18(24)12-27-20(26)14-9-19(25)23(11-14)16-5-3-2-4-6-16/h7-8,10,14,16H,2-6,9,11-12H2,1H3,(H,22,24)/t14-/m1/s1. The molecule has 1 saturated heterocycles. The van der Waals surface area contributed by atoms with E-state index in [2.05, 4.69) is 5.32 Å². The van der Waals surface area contributed by atoms with Gasteiger partial charge in [-0.1, -0.05) is 36.9 Å². The Bertz CT molecular complexity index is 731. The molecule has 3 rings (SSSR count). The maximum absolute atomic E-state index is 12.3. The fourth-order valence-electron chi connectivity index (χ4n) is 3.76. The first-order valence-corrected chi connectivity index (χ1v) is 9.84. The van der Waals surface area contributed by atoms with E-state index in [0.29, 0.717) is 17.3 Å². The molecule has 1 aliphatic heterocycles. The van der Waals surface area contributed by atoms with Gasteiger partial charge in [0.15, 0.2) is 6.61 Å². The fraction of sp³-hybridized carbons (Fsp3) is 0.550. The Balaban J connectivity index is 1.46. The van der Waals surface area contributed by atoms with Crippen LogP contribution in [-0.2, 0) is 19.1 Å². The average molecular weight is 393 g/mol. The zero-order valence-electron chi connectivity index (χ0n) is 15.5. The number of anilines is 1. The Morgan fingerprint density at radius 1 is 1.26 bits per heavy atom. The van der Waals surface area contributed by atoms with Crippen LogP contribution in [0, 0.1) is 12.8 Å². The summed E-state index contributed by atoms with van der Waals surface area (Å²) in [6.07, 6.45) is 5.67. The predicted octanol–water partition coefficient (Wildman–Crippen LogP) is 3.31. The molecule has 0 radical (unpaired) electrons. The molecular formula is C20H25ClN2O4. The van der Waals surface area contributed by atoms with Gasteiger partial charge in [0.25, 0.3) is 5.91 Å². The third-order valence-electron chi connectivity index (χ3n) is 5.31. The van der Waals surface area contributed by atoms with Crippen LogP contribution in [0.4, 0.5) is 5.69 Å².